The lowest BCUT2D eigenvalue weighted by atomic mass is 10.0. The van der Waals surface area contributed by atoms with Crippen LogP contribution in [0.15, 0.2) is 12.3 Å². The number of likely N-dealkylation sites (tertiary alicyclic amines) is 1. The van der Waals surface area contributed by atoms with Crippen LogP contribution in [0, 0.1) is 6.92 Å². The largest absolute Gasteiger partial charge is 0.419 e. The summed E-state index contributed by atoms with van der Waals surface area (Å²) in [5, 5.41) is 17.1. The maximum Gasteiger partial charge on any atom is 0.419 e. The highest BCUT2D eigenvalue weighted by Gasteiger charge is 2.57. The summed E-state index contributed by atoms with van der Waals surface area (Å²) >= 11 is 0. The summed E-state index contributed by atoms with van der Waals surface area (Å²) in [6.07, 6.45) is -3.90. The molecule has 2 N–H and O–H groups in total. The first-order chi connectivity index (χ1) is 11.1. The van der Waals surface area contributed by atoms with E-state index in [4.69, 9.17) is 0 Å². The van der Waals surface area contributed by atoms with E-state index in [0.717, 1.165) is 16.0 Å². The highest BCUT2D eigenvalue weighted by molar-refractivity contribution is 5.92. The molecule has 7 nitrogen and oxygen atoms in total. The quantitative estimate of drug-likeness (QED) is 0.827. The third kappa shape index (κ3) is 2.66. The van der Waals surface area contributed by atoms with Crippen molar-refractivity contribution >= 4 is 22.8 Å². The second kappa shape index (κ2) is 5.33. The second-order valence-corrected chi connectivity index (χ2v) is 5.94. The van der Waals surface area contributed by atoms with Crippen molar-refractivity contribution in [2.75, 3.05) is 18.4 Å². The first-order valence-electron chi connectivity index (χ1n) is 7.25. The van der Waals surface area contributed by atoms with Gasteiger partial charge < -0.3 is 15.3 Å². The summed E-state index contributed by atoms with van der Waals surface area (Å²) in [7, 11) is 1.74. The van der Waals surface area contributed by atoms with Gasteiger partial charge in [-0.05, 0) is 13.0 Å². The maximum atomic E-state index is 12.8. The van der Waals surface area contributed by atoms with Crippen LogP contribution in [0.25, 0.3) is 11.0 Å². The summed E-state index contributed by atoms with van der Waals surface area (Å²) in [5.41, 5.74) is -1.14. The lowest BCUT2D eigenvalue weighted by molar-refractivity contribution is -0.253. The number of nitrogens with one attached hydrogen (secondary N) is 1. The van der Waals surface area contributed by atoms with E-state index >= 15 is 0 Å². The van der Waals surface area contributed by atoms with Gasteiger partial charge in [0.2, 0.25) is 0 Å². The fraction of sp³-hybridized carbons (Fsp3) is 0.500. The molecule has 0 spiro atoms. The van der Waals surface area contributed by atoms with Gasteiger partial charge in [-0.25, -0.2) is 9.78 Å². The van der Waals surface area contributed by atoms with Crippen LogP contribution in [0.1, 0.15) is 12.1 Å². The molecule has 2 aromatic heterocycles. The van der Waals surface area contributed by atoms with Gasteiger partial charge in [-0.1, -0.05) is 0 Å². The number of alkyl halides is 3. The molecule has 1 atom stereocenters. The van der Waals surface area contributed by atoms with E-state index in [9.17, 15) is 23.1 Å². The number of anilines is 1. The Morgan fingerprint density at radius 1 is 1.46 bits per heavy atom. The molecule has 0 unspecified atom stereocenters. The Labute approximate surface area is 135 Å². The van der Waals surface area contributed by atoms with Crippen LogP contribution < -0.4 is 5.32 Å². The average molecular weight is 343 g/mol. The first kappa shape index (κ1) is 16.5. The molecular weight excluding hydrogens is 327 g/mol. The van der Waals surface area contributed by atoms with Gasteiger partial charge in [-0.2, -0.15) is 18.3 Å². The molecule has 3 heterocycles. The summed E-state index contributed by atoms with van der Waals surface area (Å²) in [6.45, 7) is 0.826. The van der Waals surface area contributed by atoms with Crippen LogP contribution >= 0.6 is 0 Å². The van der Waals surface area contributed by atoms with E-state index in [2.05, 4.69) is 15.4 Å². The summed E-state index contributed by atoms with van der Waals surface area (Å²) in [4.78, 5) is 17.3. The molecule has 24 heavy (non-hydrogen) atoms. The van der Waals surface area contributed by atoms with E-state index in [-0.39, 0.29) is 6.54 Å². The van der Waals surface area contributed by atoms with Gasteiger partial charge in [0.05, 0.1) is 24.1 Å². The van der Waals surface area contributed by atoms with Crippen LogP contribution in [0.2, 0.25) is 0 Å². The Kier molecular flexibility index (Phi) is 3.67. The molecule has 1 aliphatic heterocycles. The lowest BCUT2D eigenvalue weighted by Crippen LogP contribution is -2.48. The lowest BCUT2D eigenvalue weighted by Gasteiger charge is -2.25. The van der Waals surface area contributed by atoms with Crippen LogP contribution in [-0.4, -0.2) is 55.7 Å². The minimum atomic E-state index is -4.77. The SMILES string of the molecule is Cc1nn(C)c2ncc(NC(=O)N3CC[C@@](O)(C(F)(F)F)C3)cc12. The number of aliphatic hydroxyl groups is 1. The summed E-state index contributed by atoms with van der Waals surface area (Å²) in [5.74, 6) is 0. The number of hydrogen-bond donors (Lipinski definition) is 2. The smallest absolute Gasteiger partial charge is 0.379 e. The Bertz CT molecular complexity index is 804. The molecule has 130 valence electrons. The summed E-state index contributed by atoms with van der Waals surface area (Å²) in [6, 6.07) is 0.951. The van der Waals surface area contributed by atoms with Crippen molar-refractivity contribution in [1.29, 1.82) is 0 Å². The molecule has 0 saturated carbocycles. The predicted molar refractivity (Wildman–Crippen MR) is 79.5 cm³/mol. The standard InChI is InChI=1S/C14H16F3N5O2/c1-8-10-5-9(6-18-11(10)21(2)20-8)19-12(23)22-4-3-13(24,7-22)14(15,16)17/h5-6,24H,3-4,7H2,1-2H3,(H,19,23)/t13-/m0/s1. The summed E-state index contributed by atoms with van der Waals surface area (Å²) < 4.78 is 40.0. The van der Waals surface area contributed by atoms with E-state index in [0.29, 0.717) is 11.3 Å². The number of hydrogen-bond acceptors (Lipinski definition) is 4. The highest BCUT2D eigenvalue weighted by atomic mass is 19.4. The molecule has 2 amide bonds. The van der Waals surface area contributed by atoms with E-state index in [1.807, 2.05) is 0 Å². The van der Waals surface area contributed by atoms with Crippen LogP contribution in [0.5, 0.6) is 0 Å². The second-order valence-electron chi connectivity index (χ2n) is 5.94. The third-order valence-electron chi connectivity index (χ3n) is 4.18. The number of aryl methyl sites for hydroxylation is 2. The molecule has 3 rings (SSSR count). The van der Waals surface area contributed by atoms with Crippen molar-refractivity contribution in [2.24, 2.45) is 7.05 Å². The molecule has 10 heteroatoms. The number of carbonyl (C=O) groups is 1. The molecule has 0 aromatic carbocycles. The highest BCUT2D eigenvalue weighted by Crippen LogP contribution is 2.37. The topological polar surface area (TPSA) is 83.3 Å². The van der Waals surface area contributed by atoms with E-state index in [1.54, 1.807) is 24.7 Å². The Morgan fingerprint density at radius 3 is 2.79 bits per heavy atom. The zero-order chi connectivity index (χ0) is 17.7. The Morgan fingerprint density at radius 2 is 2.17 bits per heavy atom. The number of amides is 2. The average Bonchev–Trinajstić information content (AvgIpc) is 3.01. The van der Waals surface area contributed by atoms with Crippen molar-refractivity contribution in [2.45, 2.75) is 25.1 Å². The number of β-amino-alcohol motifs (C(OH)–C–C–N with tert-alkyl or cyclic N) is 1. The number of urea groups is 1. The number of halogens is 3. The number of nitrogens with zero attached hydrogens (tertiary/aromatic N) is 4. The molecule has 1 fully saturated rings. The van der Waals surface area contributed by atoms with Crippen molar-refractivity contribution < 1.29 is 23.1 Å². The minimum absolute atomic E-state index is 0.177. The maximum absolute atomic E-state index is 12.8. The van der Waals surface area contributed by atoms with Gasteiger partial charge in [0.25, 0.3) is 0 Å². The molecule has 2 aromatic rings. The third-order valence-corrected chi connectivity index (χ3v) is 4.18. The first-order valence-corrected chi connectivity index (χ1v) is 7.25. The van der Waals surface area contributed by atoms with Crippen LogP contribution in [0.3, 0.4) is 0 Å². The molecular formula is C14H16F3N5O2. The van der Waals surface area contributed by atoms with E-state index in [1.165, 1.54) is 6.20 Å². The molecule has 0 aliphatic carbocycles. The van der Waals surface area contributed by atoms with Crippen LogP contribution in [0.4, 0.5) is 23.7 Å². The number of carbonyl (C=O) groups excluding carboxylic acids is 1. The number of pyridine rings is 1. The monoisotopic (exact) mass is 343 g/mol. The van der Waals surface area contributed by atoms with Crippen molar-refractivity contribution in [3.8, 4) is 0 Å². The molecule has 0 radical (unpaired) electrons. The number of aromatic nitrogens is 3. The Balaban J connectivity index is 1.75. The van der Waals surface area contributed by atoms with Crippen LogP contribution in [-0.2, 0) is 7.05 Å². The van der Waals surface area contributed by atoms with Crippen molar-refractivity contribution in [3.63, 3.8) is 0 Å². The zero-order valence-electron chi connectivity index (χ0n) is 13.1. The minimum Gasteiger partial charge on any atom is -0.379 e. The van der Waals surface area contributed by atoms with Crippen molar-refractivity contribution in [1.82, 2.24) is 19.7 Å². The fourth-order valence-corrected chi connectivity index (χ4v) is 2.78. The van der Waals surface area contributed by atoms with Gasteiger partial charge in [0.1, 0.15) is 0 Å². The molecule has 1 aliphatic rings. The van der Waals surface area contributed by atoms with Gasteiger partial charge in [-0.15, -0.1) is 0 Å². The fourth-order valence-electron chi connectivity index (χ4n) is 2.78. The molecule has 0 bridgehead atoms. The van der Waals surface area contributed by atoms with E-state index < -0.39 is 30.8 Å². The zero-order valence-corrected chi connectivity index (χ0v) is 13.1. The predicted octanol–water partition coefficient (Wildman–Crippen LogP) is 1.81. The normalized spacial score (nSPS) is 21.5. The molecule has 1 saturated heterocycles. The Hall–Kier alpha value is -2.36. The van der Waals surface area contributed by atoms with Gasteiger partial charge in [0.15, 0.2) is 11.2 Å². The van der Waals surface area contributed by atoms with Gasteiger partial charge in [0, 0.05) is 25.4 Å². The van der Waals surface area contributed by atoms with Gasteiger partial charge in [-0.3, -0.25) is 4.68 Å². The van der Waals surface area contributed by atoms with Gasteiger partial charge >= 0.3 is 12.2 Å². The number of fused-ring (bicyclic) bond motifs is 1. The number of rotatable bonds is 1. The van der Waals surface area contributed by atoms with Crippen molar-refractivity contribution in [3.05, 3.63) is 18.0 Å².